The Hall–Kier alpha value is -4.46. The summed E-state index contributed by atoms with van der Waals surface area (Å²) in [5, 5.41) is 6.42. The lowest BCUT2D eigenvalue weighted by atomic mass is 10.1. The largest absolute Gasteiger partial charge is 0.494 e. The van der Waals surface area contributed by atoms with Gasteiger partial charge >= 0.3 is 5.97 Å². The number of rotatable bonds is 10. The highest BCUT2D eigenvalue weighted by Gasteiger charge is 2.09. The van der Waals surface area contributed by atoms with Crippen LogP contribution >= 0.6 is 0 Å². The number of carbonyl (C=O) groups is 3. The Morgan fingerprint density at radius 2 is 1.63 bits per heavy atom. The number of ether oxygens (including phenoxy) is 2. The Morgan fingerprint density at radius 3 is 2.31 bits per heavy atom. The van der Waals surface area contributed by atoms with E-state index in [9.17, 15) is 14.4 Å². The van der Waals surface area contributed by atoms with Gasteiger partial charge in [-0.25, -0.2) is 10.2 Å². The van der Waals surface area contributed by atoms with Gasteiger partial charge in [0.1, 0.15) is 11.5 Å². The molecule has 2 N–H and O–H groups in total. The zero-order valence-corrected chi connectivity index (χ0v) is 19.6. The number of carbonyl (C=O) groups excluding carboxylic acids is 3. The van der Waals surface area contributed by atoms with E-state index in [4.69, 9.17) is 9.47 Å². The summed E-state index contributed by atoms with van der Waals surface area (Å²) in [5.41, 5.74) is 4.90. The first-order chi connectivity index (χ1) is 16.9. The minimum atomic E-state index is -0.478. The van der Waals surface area contributed by atoms with Gasteiger partial charge in [0.2, 0.25) is 0 Å². The number of aryl methyl sites for hydroxylation is 1. The molecule has 180 valence electrons. The monoisotopic (exact) mass is 473 g/mol. The van der Waals surface area contributed by atoms with E-state index in [1.54, 1.807) is 66.7 Å². The molecule has 0 unspecified atom stereocenters. The highest BCUT2D eigenvalue weighted by atomic mass is 16.5. The molecule has 0 atom stereocenters. The second-order valence-electron chi connectivity index (χ2n) is 7.68. The third-order valence-corrected chi connectivity index (χ3v) is 4.75. The van der Waals surface area contributed by atoms with Crippen LogP contribution in [0.15, 0.2) is 77.9 Å². The lowest BCUT2D eigenvalue weighted by Crippen LogP contribution is -2.34. The van der Waals surface area contributed by atoms with Crippen LogP contribution in [0.5, 0.6) is 11.5 Å². The maximum Gasteiger partial charge on any atom is 0.343 e. The van der Waals surface area contributed by atoms with E-state index < -0.39 is 11.9 Å². The first kappa shape index (κ1) is 25.2. The number of hydrogen-bond donors (Lipinski definition) is 2. The van der Waals surface area contributed by atoms with Gasteiger partial charge in [-0.1, -0.05) is 24.6 Å². The van der Waals surface area contributed by atoms with Crippen molar-refractivity contribution in [3.8, 4) is 11.5 Å². The fraction of sp³-hybridized carbons (Fsp3) is 0.185. The molecule has 0 spiro atoms. The zero-order chi connectivity index (χ0) is 25.0. The molecule has 35 heavy (non-hydrogen) atoms. The average molecular weight is 474 g/mol. The SMILES string of the molecule is CCCOc1ccc(C(=O)Oc2ccc(/C=N\NC(=O)CNC(=O)c3cccc(C)c3)cc2)cc1. The standard InChI is InChI=1S/C27H27N3O5/c1-3-15-34-23-13-9-21(10-14-23)27(33)35-24-11-7-20(8-12-24)17-29-30-25(31)18-28-26(32)22-6-4-5-19(2)16-22/h4-14,16-17H,3,15,18H2,1-2H3,(H,28,32)(H,30,31)/b29-17-. The quantitative estimate of drug-likeness (QED) is 0.201. The van der Waals surface area contributed by atoms with E-state index in [-0.39, 0.29) is 12.5 Å². The Labute approximate surface area is 204 Å². The van der Waals surface area contributed by atoms with Gasteiger partial charge in [-0.05, 0) is 79.6 Å². The van der Waals surface area contributed by atoms with Crippen LogP contribution in [-0.2, 0) is 4.79 Å². The van der Waals surface area contributed by atoms with Gasteiger partial charge < -0.3 is 14.8 Å². The molecular weight excluding hydrogens is 446 g/mol. The Bertz CT molecular complexity index is 1190. The number of esters is 1. The van der Waals surface area contributed by atoms with Crippen molar-refractivity contribution >= 4 is 24.0 Å². The molecule has 0 aliphatic heterocycles. The van der Waals surface area contributed by atoms with Gasteiger partial charge in [-0.2, -0.15) is 5.10 Å². The van der Waals surface area contributed by atoms with Gasteiger partial charge in [0, 0.05) is 5.56 Å². The summed E-state index contributed by atoms with van der Waals surface area (Å²) in [4.78, 5) is 36.3. The van der Waals surface area contributed by atoms with Gasteiger partial charge in [0.15, 0.2) is 0 Å². The van der Waals surface area contributed by atoms with Crippen LogP contribution < -0.4 is 20.2 Å². The Morgan fingerprint density at radius 1 is 0.914 bits per heavy atom. The summed E-state index contributed by atoms with van der Waals surface area (Å²) < 4.78 is 10.9. The van der Waals surface area contributed by atoms with Crippen LogP contribution in [0.1, 0.15) is 45.2 Å². The van der Waals surface area contributed by atoms with Crippen LogP contribution in [0.2, 0.25) is 0 Å². The third kappa shape index (κ3) is 8.12. The number of nitrogens with zero attached hydrogens (tertiary/aromatic N) is 1. The predicted octanol–water partition coefficient (Wildman–Crippen LogP) is 3.88. The molecule has 8 heteroatoms. The highest BCUT2D eigenvalue weighted by molar-refractivity contribution is 5.96. The third-order valence-electron chi connectivity index (χ3n) is 4.75. The van der Waals surface area contributed by atoms with E-state index >= 15 is 0 Å². The fourth-order valence-corrected chi connectivity index (χ4v) is 2.96. The Balaban J connectivity index is 1.43. The van der Waals surface area contributed by atoms with Crippen molar-refractivity contribution < 1.29 is 23.9 Å². The predicted molar refractivity (Wildman–Crippen MR) is 133 cm³/mol. The molecule has 0 aromatic heterocycles. The van der Waals surface area contributed by atoms with Crippen LogP contribution in [0.3, 0.4) is 0 Å². The lowest BCUT2D eigenvalue weighted by Gasteiger charge is -2.07. The van der Waals surface area contributed by atoms with E-state index in [2.05, 4.69) is 15.8 Å². The first-order valence-corrected chi connectivity index (χ1v) is 11.2. The number of hydrogen-bond acceptors (Lipinski definition) is 6. The van der Waals surface area contributed by atoms with Gasteiger partial charge in [0.25, 0.3) is 11.8 Å². The molecule has 2 amide bonds. The number of nitrogens with one attached hydrogen (secondary N) is 2. The molecular formula is C27H27N3O5. The number of hydrazone groups is 1. The molecule has 0 fully saturated rings. The van der Waals surface area contributed by atoms with Gasteiger partial charge in [0.05, 0.1) is 24.9 Å². The summed E-state index contributed by atoms with van der Waals surface area (Å²) in [5.74, 6) is -0.194. The minimum absolute atomic E-state index is 0.204. The molecule has 3 aromatic rings. The second kappa shape index (κ2) is 12.7. The summed E-state index contributed by atoms with van der Waals surface area (Å²) in [6.07, 6.45) is 2.35. The normalized spacial score (nSPS) is 10.6. The van der Waals surface area contributed by atoms with Gasteiger partial charge in [-0.15, -0.1) is 0 Å². The van der Waals surface area contributed by atoms with E-state index in [0.29, 0.717) is 34.8 Å². The summed E-state index contributed by atoms with van der Waals surface area (Å²) >= 11 is 0. The molecule has 8 nitrogen and oxygen atoms in total. The number of benzene rings is 3. The van der Waals surface area contributed by atoms with Crippen LogP contribution in [0.4, 0.5) is 0 Å². The summed E-state index contributed by atoms with van der Waals surface area (Å²) in [7, 11) is 0. The molecule has 0 bridgehead atoms. The van der Waals surface area contributed by atoms with Crippen molar-refractivity contribution in [3.05, 3.63) is 95.1 Å². The average Bonchev–Trinajstić information content (AvgIpc) is 2.87. The number of amides is 2. The highest BCUT2D eigenvalue weighted by Crippen LogP contribution is 2.16. The van der Waals surface area contributed by atoms with Crippen molar-refractivity contribution in [2.75, 3.05) is 13.2 Å². The van der Waals surface area contributed by atoms with Crippen LogP contribution in [-0.4, -0.2) is 37.1 Å². The molecule has 0 radical (unpaired) electrons. The first-order valence-electron chi connectivity index (χ1n) is 11.2. The fourth-order valence-electron chi connectivity index (χ4n) is 2.96. The van der Waals surface area contributed by atoms with Crippen molar-refractivity contribution in [2.24, 2.45) is 5.10 Å². The van der Waals surface area contributed by atoms with Crippen molar-refractivity contribution in [3.63, 3.8) is 0 Å². The van der Waals surface area contributed by atoms with Crippen LogP contribution in [0, 0.1) is 6.92 Å². The molecule has 0 saturated heterocycles. The van der Waals surface area contributed by atoms with E-state index in [0.717, 1.165) is 12.0 Å². The van der Waals surface area contributed by atoms with Gasteiger partial charge in [-0.3, -0.25) is 9.59 Å². The topological polar surface area (TPSA) is 106 Å². The second-order valence-corrected chi connectivity index (χ2v) is 7.68. The summed E-state index contributed by atoms with van der Waals surface area (Å²) in [6.45, 7) is 4.32. The maximum absolute atomic E-state index is 12.3. The van der Waals surface area contributed by atoms with Crippen molar-refractivity contribution in [1.29, 1.82) is 0 Å². The summed E-state index contributed by atoms with van der Waals surface area (Å²) in [6, 6.07) is 20.5. The van der Waals surface area contributed by atoms with Crippen molar-refractivity contribution in [1.82, 2.24) is 10.7 Å². The smallest absolute Gasteiger partial charge is 0.343 e. The van der Waals surface area contributed by atoms with Crippen molar-refractivity contribution in [2.45, 2.75) is 20.3 Å². The minimum Gasteiger partial charge on any atom is -0.494 e. The molecule has 3 aromatic carbocycles. The molecule has 0 aliphatic carbocycles. The van der Waals surface area contributed by atoms with Crippen LogP contribution in [0.25, 0.3) is 0 Å². The maximum atomic E-state index is 12.3. The molecule has 0 heterocycles. The van der Waals surface area contributed by atoms with E-state index in [1.165, 1.54) is 6.21 Å². The zero-order valence-electron chi connectivity index (χ0n) is 19.6. The molecule has 0 saturated carbocycles. The molecule has 0 aliphatic rings. The molecule has 3 rings (SSSR count). The van der Waals surface area contributed by atoms with E-state index in [1.807, 2.05) is 19.9 Å². The lowest BCUT2D eigenvalue weighted by molar-refractivity contribution is -0.120. The Kier molecular flexibility index (Phi) is 9.13.